The Morgan fingerprint density at radius 2 is 2.00 bits per heavy atom. The molecule has 0 aliphatic heterocycles. The van der Waals surface area contributed by atoms with Crippen LogP contribution in [-0.4, -0.2) is 27.3 Å². The molecule has 1 amide bonds. The second kappa shape index (κ2) is 6.63. The fourth-order valence-corrected chi connectivity index (χ4v) is 1.81. The van der Waals surface area contributed by atoms with Crippen molar-refractivity contribution in [2.45, 2.75) is 13.5 Å². The summed E-state index contributed by atoms with van der Waals surface area (Å²) in [7, 11) is 0. The molecule has 6 heteroatoms. The Bertz CT molecular complexity index is 556. The van der Waals surface area contributed by atoms with E-state index >= 15 is 0 Å². The lowest BCUT2D eigenvalue weighted by molar-refractivity contribution is 0.0746. The van der Waals surface area contributed by atoms with Gasteiger partial charge in [0.25, 0.3) is 5.91 Å². The third kappa shape index (κ3) is 3.30. The van der Waals surface area contributed by atoms with E-state index in [-0.39, 0.29) is 5.91 Å². The zero-order valence-corrected chi connectivity index (χ0v) is 11.3. The Balaban J connectivity index is 2.12. The van der Waals surface area contributed by atoms with Crippen molar-refractivity contribution in [3.05, 3.63) is 54.0 Å². The van der Waals surface area contributed by atoms with Gasteiger partial charge in [0.05, 0.1) is 12.4 Å². The van der Waals surface area contributed by atoms with Crippen molar-refractivity contribution in [3.8, 4) is 0 Å². The van der Waals surface area contributed by atoms with Gasteiger partial charge in [-0.2, -0.15) is 0 Å². The Morgan fingerprint density at radius 3 is 2.55 bits per heavy atom. The number of carbonyl (C=O) groups excluding carboxylic acids is 1. The van der Waals surface area contributed by atoms with Gasteiger partial charge in [-0.3, -0.25) is 4.79 Å². The molecule has 20 heavy (non-hydrogen) atoms. The van der Waals surface area contributed by atoms with Gasteiger partial charge in [0.1, 0.15) is 5.69 Å². The molecular weight excluding hydrogens is 254 g/mol. The fourth-order valence-electron chi connectivity index (χ4n) is 1.81. The number of nitrogen functional groups attached to an aromatic ring is 1. The smallest absolute Gasteiger partial charge is 0.274 e. The molecule has 2 rings (SSSR count). The average molecular weight is 271 g/mol. The summed E-state index contributed by atoms with van der Waals surface area (Å²) in [6.45, 7) is 3.09. The number of hydrogen-bond donors (Lipinski definition) is 2. The predicted octanol–water partition coefficient (Wildman–Crippen LogP) is 1.42. The summed E-state index contributed by atoms with van der Waals surface area (Å²) in [6, 6.07) is 9.84. The van der Waals surface area contributed by atoms with E-state index in [0.29, 0.717) is 24.6 Å². The first-order valence-corrected chi connectivity index (χ1v) is 6.36. The molecule has 0 radical (unpaired) electrons. The molecule has 0 aliphatic rings. The first kappa shape index (κ1) is 14.0. The molecule has 0 fully saturated rings. The van der Waals surface area contributed by atoms with E-state index < -0.39 is 0 Å². The first-order valence-electron chi connectivity index (χ1n) is 6.36. The number of anilines is 1. The minimum absolute atomic E-state index is 0.146. The predicted molar refractivity (Wildman–Crippen MR) is 76.7 cm³/mol. The van der Waals surface area contributed by atoms with Crippen molar-refractivity contribution in [2.75, 3.05) is 12.0 Å². The third-order valence-electron chi connectivity index (χ3n) is 2.90. The van der Waals surface area contributed by atoms with E-state index in [1.165, 1.54) is 12.4 Å². The van der Waals surface area contributed by atoms with Crippen LogP contribution in [0.3, 0.4) is 0 Å². The Morgan fingerprint density at radius 1 is 1.25 bits per heavy atom. The summed E-state index contributed by atoms with van der Waals surface area (Å²) >= 11 is 0. The zero-order chi connectivity index (χ0) is 14.4. The minimum atomic E-state index is -0.146. The molecule has 1 heterocycles. The van der Waals surface area contributed by atoms with Crippen LogP contribution in [0.15, 0.2) is 42.7 Å². The highest BCUT2D eigenvalue weighted by atomic mass is 16.2. The number of nitrogens with two attached hydrogens (primary N) is 1. The van der Waals surface area contributed by atoms with Crippen molar-refractivity contribution in [1.82, 2.24) is 14.9 Å². The van der Waals surface area contributed by atoms with Crippen molar-refractivity contribution in [3.63, 3.8) is 0 Å². The van der Waals surface area contributed by atoms with E-state index in [1.54, 1.807) is 4.90 Å². The minimum Gasteiger partial charge on any atom is -0.333 e. The van der Waals surface area contributed by atoms with E-state index in [4.69, 9.17) is 5.84 Å². The van der Waals surface area contributed by atoms with Gasteiger partial charge < -0.3 is 10.3 Å². The lowest BCUT2D eigenvalue weighted by atomic mass is 10.2. The number of aromatic nitrogens is 2. The second-order valence-corrected chi connectivity index (χ2v) is 4.24. The normalized spacial score (nSPS) is 10.1. The van der Waals surface area contributed by atoms with Crippen LogP contribution in [0.4, 0.5) is 5.82 Å². The van der Waals surface area contributed by atoms with Crippen LogP contribution in [0, 0.1) is 0 Å². The van der Waals surface area contributed by atoms with Crippen molar-refractivity contribution in [2.24, 2.45) is 5.84 Å². The number of nitrogens with one attached hydrogen (secondary N) is 1. The molecule has 0 bridgehead atoms. The standard InChI is InChI=1S/C14H17N5O/c1-2-19(10-11-6-4-3-5-7-11)14(20)12-8-17-13(18-15)9-16-12/h3-9H,2,10,15H2,1H3,(H,17,18). The maximum Gasteiger partial charge on any atom is 0.274 e. The van der Waals surface area contributed by atoms with Gasteiger partial charge in [0.2, 0.25) is 0 Å². The Labute approximate surface area is 117 Å². The summed E-state index contributed by atoms with van der Waals surface area (Å²) in [5.41, 5.74) is 3.76. The van der Waals surface area contributed by atoms with Gasteiger partial charge in [-0.15, -0.1) is 0 Å². The fraction of sp³-hybridized carbons (Fsp3) is 0.214. The van der Waals surface area contributed by atoms with Crippen LogP contribution in [0.25, 0.3) is 0 Å². The van der Waals surface area contributed by atoms with Gasteiger partial charge in [-0.05, 0) is 12.5 Å². The highest BCUT2D eigenvalue weighted by Gasteiger charge is 2.16. The zero-order valence-electron chi connectivity index (χ0n) is 11.3. The molecule has 0 spiro atoms. The van der Waals surface area contributed by atoms with Crippen LogP contribution in [0.1, 0.15) is 23.0 Å². The quantitative estimate of drug-likeness (QED) is 0.634. The summed E-state index contributed by atoms with van der Waals surface area (Å²) < 4.78 is 0. The summed E-state index contributed by atoms with van der Waals surface area (Å²) in [5, 5.41) is 0. The Kier molecular flexibility index (Phi) is 4.62. The van der Waals surface area contributed by atoms with Crippen molar-refractivity contribution >= 4 is 11.7 Å². The van der Waals surface area contributed by atoms with Crippen molar-refractivity contribution in [1.29, 1.82) is 0 Å². The molecule has 2 aromatic rings. The summed E-state index contributed by atoms with van der Waals surface area (Å²) in [5.74, 6) is 5.49. The molecule has 0 atom stereocenters. The SMILES string of the molecule is CCN(Cc1ccccc1)C(=O)c1cnc(NN)cn1. The molecule has 1 aromatic heterocycles. The number of rotatable bonds is 5. The summed E-state index contributed by atoms with van der Waals surface area (Å²) in [4.78, 5) is 22.1. The highest BCUT2D eigenvalue weighted by Crippen LogP contribution is 2.08. The molecule has 0 unspecified atom stereocenters. The monoisotopic (exact) mass is 271 g/mol. The van der Waals surface area contributed by atoms with Crippen LogP contribution in [0.5, 0.6) is 0 Å². The van der Waals surface area contributed by atoms with Gasteiger partial charge in [0, 0.05) is 13.1 Å². The summed E-state index contributed by atoms with van der Waals surface area (Å²) in [6.07, 6.45) is 2.86. The largest absolute Gasteiger partial charge is 0.333 e. The molecular formula is C14H17N5O. The number of benzene rings is 1. The van der Waals surface area contributed by atoms with Gasteiger partial charge in [-0.25, -0.2) is 15.8 Å². The highest BCUT2D eigenvalue weighted by molar-refractivity contribution is 5.92. The topological polar surface area (TPSA) is 84.1 Å². The second-order valence-electron chi connectivity index (χ2n) is 4.24. The number of amides is 1. The maximum atomic E-state index is 12.4. The van der Waals surface area contributed by atoms with E-state index in [2.05, 4.69) is 15.4 Å². The molecule has 0 saturated carbocycles. The molecule has 3 N–H and O–H groups in total. The molecule has 6 nitrogen and oxygen atoms in total. The average Bonchev–Trinajstić information content (AvgIpc) is 2.53. The van der Waals surface area contributed by atoms with E-state index in [9.17, 15) is 4.79 Å². The third-order valence-corrected chi connectivity index (χ3v) is 2.90. The van der Waals surface area contributed by atoms with Gasteiger partial charge in [0.15, 0.2) is 5.82 Å². The molecule has 104 valence electrons. The number of nitrogens with zero attached hydrogens (tertiary/aromatic N) is 3. The van der Waals surface area contributed by atoms with Crippen LogP contribution < -0.4 is 11.3 Å². The van der Waals surface area contributed by atoms with Crippen LogP contribution in [0.2, 0.25) is 0 Å². The van der Waals surface area contributed by atoms with Crippen LogP contribution in [-0.2, 0) is 6.54 Å². The van der Waals surface area contributed by atoms with Crippen LogP contribution >= 0.6 is 0 Å². The lowest BCUT2D eigenvalue weighted by Crippen LogP contribution is -2.31. The number of hydrazine groups is 1. The van der Waals surface area contributed by atoms with Crippen molar-refractivity contribution < 1.29 is 4.79 Å². The van der Waals surface area contributed by atoms with Gasteiger partial charge >= 0.3 is 0 Å². The van der Waals surface area contributed by atoms with E-state index in [0.717, 1.165) is 5.56 Å². The number of carbonyl (C=O) groups is 1. The molecule has 0 saturated heterocycles. The lowest BCUT2D eigenvalue weighted by Gasteiger charge is -2.20. The van der Waals surface area contributed by atoms with E-state index in [1.807, 2.05) is 37.3 Å². The Hall–Kier alpha value is -2.47. The maximum absolute atomic E-state index is 12.4. The van der Waals surface area contributed by atoms with Gasteiger partial charge in [-0.1, -0.05) is 30.3 Å². The molecule has 1 aromatic carbocycles. The first-order chi connectivity index (χ1) is 9.74. The number of hydrogen-bond acceptors (Lipinski definition) is 5. The molecule has 0 aliphatic carbocycles.